The summed E-state index contributed by atoms with van der Waals surface area (Å²) in [6.45, 7) is 4.46. The van der Waals surface area contributed by atoms with Gasteiger partial charge >= 0.3 is 0 Å². The van der Waals surface area contributed by atoms with E-state index in [0.717, 1.165) is 0 Å². The van der Waals surface area contributed by atoms with Crippen molar-refractivity contribution in [2.75, 3.05) is 30.9 Å². The molecule has 0 aromatic heterocycles. The van der Waals surface area contributed by atoms with Gasteiger partial charge in [0.25, 0.3) is 0 Å². The van der Waals surface area contributed by atoms with Gasteiger partial charge in [0.15, 0.2) is 9.84 Å². The van der Waals surface area contributed by atoms with Crippen molar-refractivity contribution < 1.29 is 13.5 Å². The number of aliphatic hydroxyl groups is 1. The molecule has 0 unspecified atom stereocenters. The highest BCUT2D eigenvalue weighted by Crippen LogP contribution is 2.24. The highest BCUT2D eigenvalue weighted by Gasteiger charge is 2.16. The molecular formula is C12H17NO3S. The second kappa shape index (κ2) is 5.84. The Bertz CT molecular complexity index is 482. The first-order valence-electron chi connectivity index (χ1n) is 5.26. The molecule has 0 amide bonds. The van der Waals surface area contributed by atoms with Crippen LogP contribution in [0.1, 0.15) is 0 Å². The molecule has 0 fully saturated rings. The molecule has 1 rings (SSSR count). The SMILES string of the molecule is C=CCN(CCO)c1ccccc1S(C)(=O)=O. The number of hydrogen-bond donors (Lipinski definition) is 1. The minimum atomic E-state index is -3.27. The third-order valence-electron chi connectivity index (χ3n) is 2.32. The molecule has 0 saturated heterocycles. The lowest BCUT2D eigenvalue weighted by Crippen LogP contribution is -2.28. The Hall–Kier alpha value is -1.33. The van der Waals surface area contributed by atoms with Crippen LogP contribution >= 0.6 is 0 Å². The Morgan fingerprint density at radius 3 is 2.59 bits per heavy atom. The zero-order valence-electron chi connectivity index (χ0n) is 9.83. The Morgan fingerprint density at radius 1 is 1.41 bits per heavy atom. The first-order valence-corrected chi connectivity index (χ1v) is 7.15. The second-order valence-corrected chi connectivity index (χ2v) is 5.68. The second-order valence-electron chi connectivity index (χ2n) is 3.70. The highest BCUT2D eigenvalue weighted by molar-refractivity contribution is 7.90. The summed E-state index contributed by atoms with van der Waals surface area (Å²) in [7, 11) is -3.27. The van der Waals surface area contributed by atoms with E-state index in [1.54, 1.807) is 35.2 Å². The molecule has 94 valence electrons. The van der Waals surface area contributed by atoms with Gasteiger partial charge in [-0.25, -0.2) is 8.42 Å². The van der Waals surface area contributed by atoms with Crippen LogP contribution in [-0.4, -0.2) is 39.5 Å². The number of nitrogens with zero attached hydrogens (tertiary/aromatic N) is 1. The monoisotopic (exact) mass is 255 g/mol. The zero-order valence-corrected chi connectivity index (χ0v) is 10.7. The third-order valence-corrected chi connectivity index (χ3v) is 3.47. The summed E-state index contributed by atoms with van der Waals surface area (Å²) in [5.41, 5.74) is 0.601. The molecule has 0 aliphatic carbocycles. The van der Waals surface area contributed by atoms with Crippen molar-refractivity contribution in [3.63, 3.8) is 0 Å². The van der Waals surface area contributed by atoms with E-state index in [2.05, 4.69) is 6.58 Å². The van der Waals surface area contributed by atoms with Gasteiger partial charge in [0.1, 0.15) is 0 Å². The predicted molar refractivity (Wildman–Crippen MR) is 69.0 cm³/mol. The third kappa shape index (κ3) is 3.57. The minimum absolute atomic E-state index is 0.0358. The number of rotatable bonds is 6. The minimum Gasteiger partial charge on any atom is -0.395 e. The number of hydrogen-bond acceptors (Lipinski definition) is 4. The van der Waals surface area contributed by atoms with Crippen LogP contribution in [0.4, 0.5) is 5.69 Å². The average Bonchev–Trinajstić information content (AvgIpc) is 2.28. The number of anilines is 1. The average molecular weight is 255 g/mol. The van der Waals surface area contributed by atoms with Gasteiger partial charge in [0.05, 0.1) is 17.2 Å². The highest BCUT2D eigenvalue weighted by atomic mass is 32.2. The van der Waals surface area contributed by atoms with Gasteiger partial charge in [-0.2, -0.15) is 0 Å². The summed E-state index contributed by atoms with van der Waals surface area (Å²) in [5, 5.41) is 8.99. The quantitative estimate of drug-likeness (QED) is 0.773. The Kier molecular flexibility index (Phi) is 4.72. The van der Waals surface area contributed by atoms with Gasteiger partial charge in [-0.3, -0.25) is 0 Å². The fraction of sp³-hybridized carbons (Fsp3) is 0.333. The van der Waals surface area contributed by atoms with E-state index >= 15 is 0 Å². The number of sulfone groups is 1. The molecule has 0 aliphatic rings. The number of aliphatic hydroxyl groups excluding tert-OH is 1. The van der Waals surface area contributed by atoms with Crippen molar-refractivity contribution in [1.82, 2.24) is 0 Å². The summed E-state index contributed by atoms with van der Waals surface area (Å²) in [4.78, 5) is 2.05. The molecule has 5 heteroatoms. The molecule has 17 heavy (non-hydrogen) atoms. The molecule has 0 saturated carbocycles. The van der Waals surface area contributed by atoms with Crippen molar-refractivity contribution in [2.45, 2.75) is 4.90 Å². The maximum atomic E-state index is 11.7. The molecule has 0 atom stereocenters. The van der Waals surface area contributed by atoms with E-state index in [1.807, 2.05) is 0 Å². The molecular weight excluding hydrogens is 238 g/mol. The van der Waals surface area contributed by atoms with Gasteiger partial charge in [-0.1, -0.05) is 18.2 Å². The van der Waals surface area contributed by atoms with Gasteiger partial charge in [-0.15, -0.1) is 6.58 Å². The van der Waals surface area contributed by atoms with E-state index in [1.165, 1.54) is 6.26 Å². The number of benzene rings is 1. The smallest absolute Gasteiger partial charge is 0.177 e. The summed E-state index contributed by atoms with van der Waals surface area (Å²) in [6, 6.07) is 6.76. The van der Waals surface area contributed by atoms with Crippen LogP contribution in [0, 0.1) is 0 Å². The van der Waals surface area contributed by atoms with Crippen LogP contribution in [0.3, 0.4) is 0 Å². The van der Waals surface area contributed by atoms with Gasteiger partial charge in [-0.05, 0) is 12.1 Å². The fourth-order valence-corrected chi connectivity index (χ4v) is 2.52. The Labute approximate surface area is 102 Å². The molecule has 1 aromatic rings. The zero-order chi connectivity index (χ0) is 12.9. The number of para-hydroxylation sites is 1. The van der Waals surface area contributed by atoms with Crippen LogP contribution in [-0.2, 0) is 9.84 Å². The summed E-state index contributed by atoms with van der Waals surface area (Å²) < 4.78 is 23.3. The fourth-order valence-electron chi connectivity index (χ4n) is 1.62. The summed E-state index contributed by atoms with van der Waals surface area (Å²) in [6.07, 6.45) is 2.85. The van der Waals surface area contributed by atoms with Gasteiger partial charge < -0.3 is 10.0 Å². The molecule has 0 heterocycles. The van der Waals surface area contributed by atoms with Crippen LogP contribution in [0.2, 0.25) is 0 Å². The van der Waals surface area contributed by atoms with E-state index in [4.69, 9.17) is 5.11 Å². The first-order chi connectivity index (χ1) is 8.00. The molecule has 0 radical (unpaired) electrons. The van der Waals surface area contributed by atoms with E-state index in [0.29, 0.717) is 18.8 Å². The van der Waals surface area contributed by atoms with Crippen molar-refractivity contribution >= 4 is 15.5 Å². The van der Waals surface area contributed by atoms with E-state index < -0.39 is 9.84 Å². The van der Waals surface area contributed by atoms with Gasteiger partial charge in [0.2, 0.25) is 0 Å². The normalized spacial score (nSPS) is 11.2. The van der Waals surface area contributed by atoms with Crippen LogP contribution in [0.5, 0.6) is 0 Å². The summed E-state index contributed by atoms with van der Waals surface area (Å²) >= 11 is 0. The first kappa shape index (κ1) is 13.7. The maximum absolute atomic E-state index is 11.7. The Morgan fingerprint density at radius 2 is 2.06 bits per heavy atom. The van der Waals surface area contributed by atoms with Crippen LogP contribution < -0.4 is 4.90 Å². The Balaban J connectivity index is 3.23. The van der Waals surface area contributed by atoms with E-state index in [9.17, 15) is 8.42 Å². The van der Waals surface area contributed by atoms with Crippen molar-refractivity contribution in [1.29, 1.82) is 0 Å². The summed E-state index contributed by atoms with van der Waals surface area (Å²) in [5.74, 6) is 0. The van der Waals surface area contributed by atoms with E-state index in [-0.39, 0.29) is 11.5 Å². The predicted octanol–water partition coefficient (Wildman–Crippen LogP) is 1.07. The molecule has 0 aliphatic heterocycles. The largest absolute Gasteiger partial charge is 0.395 e. The maximum Gasteiger partial charge on any atom is 0.177 e. The lowest BCUT2D eigenvalue weighted by atomic mass is 10.3. The molecule has 1 aromatic carbocycles. The molecule has 0 bridgehead atoms. The van der Waals surface area contributed by atoms with Crippen molar-refractivity contribution in [3.05, 3.63) is 36.9 Å². The molecule has 1 N–H and O–H groups in total. The lowest BCUT2D eigenvalue weighted by molar-refractivity contribution is 0.303. The van der Waals surface area contributed by atoms with Crippen molar-refractivity contribution in [3.8, 4) is 0 Å². The topological polar surface area (TPSA) is 57.6 Å². The van der Waals surface area contributed by atoms with Crippen molar-refractivity contribution in [2.24, 2.45) is 0 Å². The van der Waals surface area contributed by atoms with Gasteiger partial charge in [0, 0.05) is 19.3 Å². The standard InChI is InChI=1S/C12H17NO3S/c1-3-8-13(9-10-14)11-6-4-5-7-12(11)17(2,15)16/h3-7,14H,1,8-10H2,2H3. The molecule has 0 spiro atoms. The van der Waals surface area contributed by atoms with Crippen LogP contribution in [0.25, 0.3) is 0 Å². The molecule has 4 nitrogen and oxygen atoms in total. The van der Waals surface area contributed by atoms with Crippen LogP contribution in [0.15, 0.2) is 41.8 Å². The lowest BCUT2D eigenvalue weighted by Gasteiger charge is -2.24.